The van der Waals surface area contributed by atoms with E-state index >= 15 is 0 Å². The molecule has 6 nitrogen and oxygen atoms in total. The minimum Gasteiger partial charge on any atom is -0.381 e. The first-order valence-corrected chi connectivity index (χ1v) is 10.1. The monoisotopic (exact) mass is 431 g/mol. The minimum absolute atomic E-state index is 0.187. The number of rotatable bonds is 4. The highest BCUT2D eigenvalue weighted by molar-refractivity contribution is 7.92. The van der Waals surface area contributed by atoms with Gasteiger partial charge in [0.15, 0.2) is 0 Å². The molecule has 1 amide bonds. The number of aromatic nitrogens is 1. The lowest BCUT2D eigenvalue weighted by Gasteiger charge is -2.33. The summed E-state index contributed by atoms with van der Waals surface area (Å²) in [6.07, 6.45) is 3.77. The molecule has 0 saturated carbocycles. The van der Waals surface area contributed by atoms with E-state index in [2.05, 4.69) is 10.3 Å². The van der Waals surface area contributed by atoms with Gasteiger partial charge in [0.1, 0.15) is 10.7 Å². The van der Waals surface area contributed by atoms with Crippen molar-refractivity contribution in [2.75, 3.05) is 18.4 Å². The van der Waals surface area contributed by atoms with E-state index in [-0.39, 0.29) is 17.6 Å². The lowest BCUT2D eigenvalue weighted by atomic mass is 10.0. The van der Waals surface area contributed by atoms with Crippen LogP contribution in [0, 0.1) is 5.82 Å². The number of pyridine rings is 1. The highest BCUT2D eigenvalue weighted by Crippen LogP contribution is 2.35. The molecule has 1 saturated heterocycles. The van der Waals surface area contributed by atoms with Crippen LogP contribution in [0.1, 0.15) is 23.2 Å². The van der Waals surface area contributed by atoms with E-state index < -0.39 is 26.1 Å². The van der Waals surface area contributed by atoms with Gasteiger partial charge in [-0.1, -0.05) is 0 Å². The third kappa shape index (κ3) is 4.50. The maximum atomic E-state index is 13.4. The second-order valence-corrected chi connectivity index (χ2v) is 8.45. The van der Waals surface area contributed by atoms with E-state index in [0.29, 0.717) is 37.6 Å². The van der Waals surface area contributed by atoms with E-state index in [1.165, 1.54) is 12.4 Å². The number of benzene rings is 1. The lowest BCUT2D eigenvalue weighted by Crippen LogP contribution is -2.42. The third-order valence-electron chi connectivity index (χ3n) is 4.61. The molecule has 1 N–H and O–H groups in total. The zero-order valence-electron chi connectivity index (χ0n) is 15.0. The number of amides is 1. The number of halogens is 4. The molecule has 11 heteroatoms. The van der Waals surface area contributed by atoms with Gasteiger partial charge in [0.05, 0.1) is 5.69 Å². The van der Waals surface area contributed by atoms with Crippen molar-refractivity contribution in [2.24, 2.45) is 0 Å². The summed E-state index contributed by atoms with van der Waals surface area (Å²) in [4.78, 5) is 16.7. The molecular weight excluding hydrogens is 414 g/mol. The van der Waals surface area contributed by atoms with Crippen LogP contribution in [0.25, 0.3) is 0 Å². The van der Waals surface area contributed by atoms with E-state index in [4.69, 9.17) is 0 Å². The highest BCUT2D eigenvalue weighted by atomic mass is 32.2. The maximum absolute atomic E-state index is 13.4. The van der Waals surface area contributed by atoms with E-state index in [0.717, 1.165) is 12.1 Å². The van der Waals surface area contributed by atoms with Crippen molar-refractivity contribution in [3.05, 3.63) is 54.1 Å². The minimum atomic E-state index is -5.71. The van der Waals surface area contributed by atoms with Crippen LogP contribution in [0.3, 0.4) is 0 Å². The quantitative estimate of drug-likeness (QED) is 0.752. The van der Waals surface area contributed by atoms with Gasteiger partial charge < -0.3 is 10.2 Å². The molecule has 0 bridgehead atoms. The Morgan fingerprint density at radius 1 is 1.10 bits per heavy atom. The number of nitrogens with one attached hydrogen (secondary N) is 1. The predicted octanol–water partition coefficient (Wildman–Crippen LogP) is 3.23. The highest BCUT2D eigenvalue weighted by Gasteiger charge is 2.48. The summed E-state index contributed by atoms with van der Waals surface area (Å²) < 4.78 is 75.8. The number of sulfone groups is 1. The third-order valence-corrected chi connectivity index (χ3v) is 6.13. The second-order valence-electron chi connectivity index (χ2n) is 6.54. The number of anilines is 1. The van der Waals surface area contributed by atoms with Gasteiger partial charge in [0.25, 0.3) is 15.7 Å². The van der Waals surface area contributed by atoms with Gasteiger partial charge in [-0.2, -0.15) is 13.2 Å². The molecule has 0 atom stereocenters. The number of nitrogens with zero attached hydrogens (tertiary/aromatic N) is 2. The average molecular weight is 431 g/mol. The summed E-state index contributed by atoms with van der Waals surface area (Å²) >= 11 is 0. The normalized spacial score (nSPS) is 15.9. The Labute approximate surface area is 164 Å². The molecule has 0 unspecified atom stereocenters. The molecule has 2 heterocycles. The maximum Gasteiger partial charge on any atom is 0.501 e. The Morgan fingerprint density at radius 2 is 1.72 bits per heavy atom. The van der Waals surface area contributed by atoms with Crippen molar-refractivity contribution in [2.45, 2.75) is 29.3 Å². The lowest BCUT2D eigenvalue weighted by molar-refractivity contribution is -0.0435. The van der Waals surface area contributed by atoms with E-state index in [1.807, 2.05) is 0 Å². The van der Waals surface area contributed by atoms with Crippen molar-refractivity contribution in [1.29, 1.82) is 0 Å². The summed E-state index contributed by atoms with van der Waals surface area (Å²) in [5.41, 5.74) is -5.39. The zero-order chi connectivity index (χ0) is 21.2. The van der Waals surface area contributed by atoms with Crippen LogP contribution in [0.5, 0.6) is 0 Å². The SMILES string of the molecule is O=C(c1ccncc1)N1CCC(Nc2ccc(F)cc2S(=O)(=O)C(F)(F)F)CC1. The van der Waals surface area contributed by atoms with Gasteiger partial charge in [-0.15, -0.1) is 0 Å². The van der Waals surface area contributed by atoms with Gasteiger partial charge in [0.2, 0.25) is 0 Å². The van der Waals surface area contributed by atoms with E-state index in [1.54, 1.807) is 17.0 Å². The number of hydrogen-bond donors (Lipinski definition) is 1. The van der Waals surface area contributed by atoms with Gasteiger partial charge in [-0.05, 0) is 43.2 Å². The first-order chi connectivity index (χ1) is 13.6. The molecule has 0 radical (unpaired) electrons. The molecule has 3 rings (SSSR count). The number of alkyl halides is 3. The Kier molecular flexibility index (Phi) is 5.78. The van der Waals surface area contributed by atoms with Crippen LogP contribution >= 0.6 is 0 Å². The standard InChI is InChI=1S/C18H17F4N3O3S/c19-13-1-2-15(16(11-13)29(27,28)18(20,21)22)24-14-5-9-25(10-6-14)17(26)12-3-7-23-8-4-12/h1-4,7-8,11,14,24H,5-6,9-10H2. The molecule has 0 aliphatic carbocycles. The van der Waals surface area contributed by atoms with Crippen LogP contribution in [-0.2, 0) is 9.84 Å². The van der Waals surface area contributed by atoms with E-state index in [9.17, 15) is 30.8 Å². The topological polar surface area (TPSA) is 79.4 Å². The van der Waals surface area contributed by atoms with Crippen LogP contribution in [-0.4, -0.2) is 48.8 Å². The number of piperidine rings is 1. The van der Waals surface area contributed by atoms with Crippen molar-refractivity contribution in [3.8, 4) is 0 Å². The first kappa shape index (κ1) is 21.0. The molecule has 1 fully saturated rings. The average Bonchev–Trinajstić information content (AvgIpc) is 2.69. The summed E-state index contributed by atoms with van der Waals surface area (Å²) in [6, 6.07) is 5.01. The zero-order valence-corrected chi connectivity index (χ0v) is 15.8. The van der Waals surface area contributed by atoms with Gasteiger partial charge in [-0.25, -0.2) is 12.8 Å². The fourth-order valence-corrected chi connectivity index (χ4v) is 4.02. The van der Waals surface area contributed by atoms with Crippen LogP contribution in [0.15, 0.2) is 47.6 Å². The Balaban J connectivity index is 1.72. The molecule has 1 aromatic heterocycles. The number of carbonyl (C=O) groups excluding carboxylic acids is 1. The van der Waals surface area contributed by atoms with Crippen LogP contribution in [0.4, 0.5) is 23.2 Å². The largest absolute Gasteiger partial charge is 0.501 e. The fraction of sp³-hybridized carbons (Fsp3) is 0.333. The first-order valence-electron chi connectivity index (χ1n) is 8.66. The van der Waals surface area contributed by atoms with Crippen molar-refractivity contribution >= 4 is 21.4 Å². The molecule has 1 aromatic carbocycles. The number of likely N-dealkylation sites (tertiary alicyclic amines) is 1. The smallest absolute Gasteiger partial charge is 0.381 e. The number of hydrogen-bond acceptors (Lipinski definition) is 5. The fourth-order valence-electron chi connectivity index (χ4n) is 3.09. The Hall–Kier alpha value is -2.69. The molecule has 2 aromatic rings. The molecule has 0 spiro atoms. The predicted molar refractivity (Wildman–Crippen MR) is 96.4 cm³/mol. The summed E-state index contributed by atoms with van der Waals surface area (Å²) in [5.74, 6) is -1.27. The molecule has 156 valence electrons. The summed E-state index contributed by atoms with van der Waals surface area (Å²) in [6.45, 7) is 0.669. The molecule has 1 aliphatic heterocycles. The van der Waals surface area contributed by atoms with Crippen molar-refractivity contribution < 1.29 is 30.8 Å². The van der Waals surface area contributed by atoms with Gasteiger partial charge >= 0.3 is 5.51 Å². The molecule has 1 aliphatic rings. The van der Waals surface area contributed by atoms with Crippen LogP contribution < -0.4 is 5.32 Å². The van der Waals surface area contributed by atoms with Crippen molar-refractivity contribution in [1.82, 2.24) is 9.88 Å². The summed E-state index contributed by atoms with van der Waals surface area (Å²) in [7, 11) is -5.71. The molecular formula is C18H17F4N3O3S. The van der Waals surface area contributed by atoms with Crippen molar-refractivity contribution in [3.63, 3.8) is 0 Å². The Bertz CT molecular complexity index is 989. The van der Waals surface area contributed by atoms with Gasteiger partial charge in [0, 0.05) is 37.1 Å². The molecule has 29 heavy (non-hydrogen) atoms. The van der Waals surface area contributed by atoms with Crippen LogP contribution in [0.2, 0.25) is 0 Å². The Morgan fingerprint density at radius 3 is 2.31 bits per heavy atom. The number of carbonyl (C=O) groups is 1. The van der Waals surface area contributed by atoms with Gasteiger partial charge in [-0.3, -0.25) is 9.78 Å². The second kappa shape index (κ2) is 7.97. The summed E-state index contributed by atoms with van der Waals surface area (Å²) in [5, 5.41) is 2.76.